The zero-order chi connectivity index (χ0) is 14.4. The number of anilines is 1. The van der Waals surface area contributed by atoms with E-state index in [1.165, 1.54) is 0 Å². The Morgan fingerprint density at radius 3 is 2.50 bits per heavy atom. The van der Waals surface area contributed by atoms with Gasteiger partial charge in [-0.3, -0.25) is 0 Å². The number of hydrogen-bond acceptors (Lipinski definition) is 4. The van der Waals surface area contributed by atoms with Crippen molar-refractivity contribution in [3.8, 4) is 11.5 Å². The lowest BCUT2D eigenvalue weighted by Crippen LogP contribution is -2.06. The molecular formula is C16H21NO3. The first-order valence-corrected chi connectivity index (χ1v) is 6.94. The lowest BCUT2D eigenvalue weighted by Gasteiger charge is -2.16. The molecule has 0 saturated heterocycles. The first-order chi connectivity index (χ1) is 9.74. The molecule has 0 aliphatic rings. The Morgan fingerprint density at radius 1 is 1.10 bits per heavy atom. The van der Waals surface area contributed by atoms with Crippen LogP contribution >= 0.6 is 0 Å². The first kappa shape index (κ1) is 14.3. The Balaban J connectivity index is 2.13. The maximum atomic E-state index is 5.61. The summed E-state index contributed by atoms with van der Waals surface area (Å²) in [5.41, 5.74) is 0.973. The molecule has 108 valence electrons. The van der Waals surface area contributed by atoms with Crippen molar-refractivity contribution >= 4 is 5.69 Å². The summed E-state index contributed by atoms with van der Waals surface area (Å²) in [6.45, 7) is 7.20. The van der Waals surface area contributed by atoms with Gasteiger partial charge in [0.25, 0.3) is 0 Å². The molecule has 4 nitrogen and oxygen atoms in total. The molecule has 1 heterocycles. The zero-order valence-electron chi connectivity index (χ0n) is 12.2. The molecule has 0 saturated carbocycles. The molecule has 1 N–H and O–H groups in total. The van der Waals surface area contributed by atoms with Gasteiger partial charge in [0, 0.05) is 11.8 Å². The molecule has 0 spiro atoms. The lowest BCUT2D eigenvalue weighted by molar-refractivity contribution is 0.288. The van der Waals surface area contributed by atoms with Crippen LogP contribution in [-0.4, -0.2) is 13.2 Å². The minimum atomic E-state index is 0.0948. The molecule has 2 aromatic rings. The SMILES string of the molecule is CCOc1ccc(NC(C)c2ccco2)cc1OCC. The summed E-state index contributed by atoms with van der Waals surface area (Å²) in [6, 6.07) is 9.79. The van der Waals surface area contributed by atoms with Gasteiger partial charge >= 0.3 is 0 Å². The van der Waals surface area contributed by atoms with Crippen molar-refractivity contribution in [2.75, 3.05) is 18.5 Å². The van der Waals surface area contributed by atoms with Gasteiger partial charge in [0.15, 0.2) is 11.5 Å². The Bertz CT molecular complexity index is 523. The van der Waals surface area contributed by atoms with Gasteiger partial charge in [-0.15, -0.1) is 0 Å². The highest BCUT2D eigenvalue weighted by atomic mass is 16.5. The Morgan fingerprint density at radius 2 is 1.85 bits per heavy atom. The van der Waals surface area contributed by atoms with E-state index >= 15 is 0 Å². The molecule has 0 aliphatic carbocycles. The highest BCUT2D eigenvalue weighted by molar-refractivity contribution is 5.55. The van der Waals surface area contributed by atoms with Gasteiger partial charge < -0.3 is 19.2 Å². The Kier molecular flexibility index (Phi) is 4.93. The van der Waals surface area contributed by atoms with E-state index in [-0.39, 0.29) is 6.04 Å². The first-order valence-electron chi connectivity index (χ1n) is 6.94. The Labute approximate surface area is 119 Å². The smallest absolute Gasteiger partial charge is 0.163 e. The van der Waals surface area contributed by atoms with E-state index in [0.29, 0.717) is 13.2 Å². The number of ether oxygens (including phenoxy) is 2. The summed E-state index contributed by atoms with van der Waals surface area (Å²) < 4.78 is 16.6. The van der Waals surface area contributed by atoms with Gasteiger partial charge in [0.1, 0.15) is 5.76 Å². The van der Waals surface area contributed by atoms with Gasteiger partial charge in [-0.25, -0.2) is 0 Å². The van der Waals surface area contributed by atoms with Crippen LogP contribution in [0.25, 0.3) is 0 Å². The fraction of sp³-hybridized carbons (Fsp3) is 0.375. The molecule has 1 aromatic heterocycles. The van der Waals surface area contributed by atoms with Crippen molar-refractivity contribution in [2.24, 2.45) is 0 Å². The average molecular weight is 275 g/mol. The quantitative estimate of drug-likeness (QED) is 0.820. The summed E-state index contributed by atoms with van der Waals surface area (Å²) >= 11 is 0. The normalized spacial score (nSPS) is 11.9. The second-order valence-corrected chi connectivity index (χ2v) is 4.41. The van der Waals surface area contributed by atoms with Crippen molar-refractivity contribution < 1.29 is 13.9 Å². The predicted molar refractivity (Wildman–Crippen MR) is 79.5 cm³/mol. The molecule has 1 atom stereocenters. The summed E-state index contributed by atoms with van der Waals surface area (Å²) in [6.07, 6.45) is 1.68. The fourth-order valence-electron chi connectivity index (χ4n) is 2.00. The van der Waals surface area contributed by atoms with Crippen LogP contribution in [0.15, 0.2) is 41.0 Å². The van der Waals surface area contributed by atoms with E-state index in [4.69, 9.17) is 13.9 Å². The van der Waals surface area contributed by atoms with E-state index in [2.05, 4.69) is 12.2 Å². The van der Waals surface area contributed by atoms with Crippen LogP contribution in [0, 0.1) is 0 Å². The summed E-state index contributed by atoms with van der Waals surface area (Å²) in [5, 5.41) is 3.38. The molecule has 1 aromatic carbocycles. The van der Waals surface area contributed by atoms with Crippen LogP contribution in [0.4, 0.5) is 5.69 Å². The van der Waals surface area contributed by atoms with E-state index in [9.17, 15) is 0 Å². The molecule has 0 fully saturated rings. The van der Waals surface area contributed by atoms with Crippen molar-refractivity contribution in [3.63, 3.8) is 0 Å². The molecular weight excluding hydrogens is 254 g/mol. The van der Waals surface area contributed by atoms with E-state index in [0.717, 1.165) is 22.9 Å². The highest BCUT2D eigenvalue weighted by Crippen LogP contribution is 2.32. The number of hydrogen-bond donors (Lipinski definition) is 1. The van der Waals surface area contributed by atoms with Crippen LogP contribution in [0.2, 0.25) is 0 Å². The van der Waals surface area contributed by atoms with Gasteiger partial charge in [-0.2, -0.15) is 0 Å². The zero-order valence-corrected chi connectivity index (χ0v) is 12.2. The van der Waals surface area contributed by atoms with E-state index in [1.54, 1.807) is 6.26 Å². The van der Waals surface area contributed by atoms with Gasteiger partial charge in [-0.05, 0) is 45.0 Å². The summed E-state index contributed by atoms with van der Waals surface area (Å²) in [4.78, 5) is 0. The van der Waals surface area contributed by atoms with Gasteiger partial charge in [0.05, 0.1) is 25.5 Å². The van der Waals surface area contributed by atoms with Crippen molar-refractivity contribution in [1.29, 1.82) is 0 Å². The minimum Gasteiger partial charge on any atom is -0.490 e. The largest absolute Gasteiger partial charge is 0.490 e. The minimum absolute atomic E-state index is 0.0948. The topological polar surface area (TPSA) is 43.6 Å². The van der Waals surface area contributed by atoms with Crippen LogP contribution in [-0.2, 0) is 0 Å². The summed E-state index contributed by atoms with van der Waals surface area (Å²) in [7, 11) is 0. The average Bonchev–Trinajstić information content (AvgIpc) is 2.96. The van der Waals surface area contributed by atoms with Crippen molar-refractivity contribution in [2.45, 2.75) is 26.8 Å². The number of benzene rings is 1. The monoisotopic (exact) mass is 275 g/mol. The molecule has 2 rings (SSSR count). The third-order valence-electron chi connectivity index (χ3n) is 2.90. The van der Waals surface area contributed by atoms with Crippen molar-refractivity contribution in [3.05, 3.63) is 42.4 Å². The number of furan rings is 1. The van der Waals surface area contributed by atoms with Crippen LogP contribution in [0.1, 0.15) is 32.6 Å². The molecule has 0 aliphatic heterocycles. The second-order valence-electron chi connectivity index (χ2n) is 4.41. The number of nitrogens with one attached hydrogen (secondary N) is 1. The Hall–Kier alpha value is -2.10. The molecule has 0 radical (unpaired) electrons. The standard InChI is InChI=1S/C16H21NO3/c1-4-18-15-9-8-13(11-16(15)19-5-2)17-12(3)14-7-6-10-20-14/h6-12,17H,4-5H2,1-3H3. The molecule has 4 heteroatoms. The van der Waals surface area contributed by atoms with Crippen LogP contribution in [0.3, 0.4) is 0 Å². The molecule has 0 bridgehead atoms. The van der Waals surface area contributed by atoms with Crippen LogP contribution < -0.4 is 14.8 Å². The summed E-state index contributed by atoms with van der Waals surface area (Å²) in [5.74, 6) is 2.42. The fourth-order valence-corrected chi connectivity index (χ4v) is 2.00. The lowest BCUT2D eigenvalue weighted by atomic mass is 10.2. The maximum absolute atomic E-state index is 5.61. The third-order valence-corrected chi connectivity index (χ3v) is 2.90. The molecule has 0 amide bonds. The second kappa shape index (κ2) is 6.89. The van der Waals surface area contributed by atoms with Crippen LogP contribution in [0.5, 0.6) is 11.5 Å². The highest BCUT2D eigenvalue weighted by Gasteiger charge is 2.10. The maximum Gasteiger partial charge on any atom is 0.163 e. The van der Waals surface area contributed by atoms with Gasteiger partial charge in [0.2, 0.25) is 0 Å². The third kappa shape index (κ3) is 3.47. The van der Waals surface area contributed by atoms with E-state index < -0.39 is 0 Å². The predicted octanol–water partition coefficient (Wildman–Crippen LogP) is 4.25. The molecule has 20 heavy (non-hydrogen) atoms. The van der Waals surface area contributed by atoms with Crippen molar-refractivity contribution in [1.82, 2.24) is 0 Å². The van der Waals surface area contributed by atoms with E-state index in [1.807, 2.05) is 44.2 Å². The van der Waals surface area contributed by atoms with Gasteiger partial charge in [-0.1, -0.05) is 0 Å². The number of rotatable bonds is 7. The molecule has 1 unspecified atom stereocenters.